The molecule has 0 aliphatic carbocycles. The summed E-state index contributed by atoms with van der Waals surface area (Å²) in [6.45, 7) is 4.25. The monoisotopic (exact) mass is 332 g/mol. The van der Waals surface area contributed by atoms with Gasteiger partial charge in [-0.2, -0.15) is 0 Å². The van der Waals surface area contributed by atoms with Crippen LogP contribution in [0.5, 0.6) is 0 Å². The van der Waals surface area contributed by atoms with Gasteiger partial charge in [0, 0.05) is 46.6 Å². The summed E-state index contributed by atoms with van der Waals surface area (Å²) in [5.41, 5.74) is 0. The zero-order valence-electron chi connectivity index (χ0n) is 13.8. The van der Waals surface area contributed by atoms with Crippen molar-refractivity contribution in [2.24, 2.45) is 0 Å². The molecule has 8 nitrogen and oxygen atoms in total. The van der Waals surface area contributed by atoms with E-state index in [0.717, 1.165) is 6.42 Å². The van der Waals surface area contributed by atoms with Gasteiger partial charge < -0.3 is 29.9 Å². The number of hydrogen-bond donors (Lipinski definition) is 3. The van der Waals surface area contributed by atoms with Crippen LogP contribution in [0.1, 0.15) is 26.7 Å². The quantitative estimate of drug-likeness (QED) is 0.502. The molecule has 0 bridgehead atoms. The largest absolute Gasteiger partial charge is 0.388 e. The molecule has 134 valence electrons. The third kappa shape index (κ3) is 6.82. The lowest BCUT2D eigenvalue weighted by Gasteiger charge is -2.31. The number of amides is 2. The topological polar surface area (TPSA) is 111 Å². The van der Waals surface area contributed by atoms with Gasteiger partial charge in [0.15, 0.2) is 0 Å². The maximum Gasteiger partial charge on any atom is 0.219 e. The van der Waals surface area contributed by atoms with Crippen LogP contribution in [0.2, 0.25) is 0 Å². The number of carbonyl (C=O) groups excluding carboxylic acids is 2. The van der Waals surface area contributed by atoms with Crippen molar-refractivity contribution < 1.29 is 29.6 Å². The second-order valence-corrected chi connectivity index (χ2v) is 5.88. The lowest BCUT2D eigenvalue weighted by Crippen LogP contribution is -2.49. The molecule has 0 aromatic carbocycles. The van der Waals surface area contributed by atoms with Crippen LogP contribution in [-0.2, 0) is 14.3 Å². The van der Waals surface area contributed by atoms with E-state index in [0.29, 0.717) is 26.1 Å². The number of nitrogens with zero attached hydrogens (tertiary/aromatic N) is 2. The molecule has 1 aliphatic rings. The molecule has 0 radical (unpaired) electrons. The van der Waals surface area contributed by atoms with E-state index in [9.17, 15) is 24.9 Å². The molecular weight excluding hydrogens is 304 g/mol. The van der Waals surface area contributed by atoms with Crippen molar-refractivity contribution in [3.05, 3.63) is 0 Å². The third-order valence-corrected chi connectivity index (χ3v) is 3.98. The first-order valence-electron chi connectivity index (χ1n) is 7.96. The maximum atomic E-state index is 11.7. The van der Waals surface area contributed by atoms with Crippen LogP contribution in [0, 0.1) is 0 Å². The molecule has 0 saturated carbocycles. The van der Waals surface area contributed by atoms with E-state index in [4.69, 9.17) is 4.74 Å². The summed E-state index contributed by atoms with van der Waals surface area (Å²) in [5, 5.41) is 29.7. The number of aliphatic hydroxyl groups excluding tert-OH is 3. The predicted octanol–water partition coefficient (Wildman–Crippen LogP) is -1.42. The Bertz CT molecular complexity index is 392. The van der Waals surface area contributed by atoms with Crippen molar-refractivity contribution >= 4 is 11.8 Å². The Hall–Kier alpha value is -1.22. The number of rotatable bonds is 0. The molecule has 1 fully saturated rings. The molecule has 0 aromatic heterocycles. The van der Waals surface area contributed by atoms with Crippen LogP contribution < -0.4 is 0 Å². The number of ether oxygens (including phenoxy) is 1. The van der Waals surface area contributed by atoms with Crippen molar-refractivity contribution in [1.29, 1.82) is 0 Å². The molecule has 1 aliphatic heterocycles. The standard InChI is InChI=1S/C15H28N2O6/c1-11(18)16-5-3-4-8-23-10-14(21)15(22)13(20)9-17(7-6-16)12(2)19/h13-15,20-22H,3-10H2,1-2H3/t13-,14+,15+/m0/s1. The number of β-amino-alcohol motifs (C(OH)–C–C–N with tert-alkyl or cyclic N) is 1. The summed E-state index contributed by atoms with van der Waals surface area (Å²) in [4.78, 5) is 26.4. The van der Waals surface area contributed by atoms with E-state index >= 15 is 0 Å². The number of carbonyl (C=O) groups is 2. The minimum Gasteiger partial charge on any atom is -0.388 e. The smallest absolute Gasteiger partial charge is 0.219 e. The lowest BCUT2D eigenvalue weighted by molar-refractivity contribution is -0.137. The van der Waals surface area contributed by atoms with Gasteiger partial charge in [-0.25, -0.2) is 0 Å². The van der Waals surface area contributed by atoms with Gasteiger partial charge in [-0.3, -0.25) is 9.59 Å². The van der Waals surface area contributed by atoms with Crippen LogP contribution in [0.25, 0.3) is 0 Å². The first-order chi connectivity index (χ1) is 10.8. The average molecular weight is 332 g/mol. The van der Waals surface area contributed by atoms with Gasteiger partial charge in [0.1, 0.15) is 18.3 Å². The highest BCUT2D eigenvalue weighted by Gasteiger charge is 2.28. The Morgan fingerprint density at radius 3 is 2.13 bits per heavy atom. The van der Waals surface area contributed by atoms with E-state index < -0.39 is 18.3 Å². The van der Waals surface area contributed by atoms with Crippen molar-refractivity contribution in [3.63, 3.8) is 0 Å². The second-order valence-electron chi connectivity index (χ2n) is 5.88. The van der Waals surface area contributed by atoms with Crippen LogP contribution in [0.3, 0.4) is 0 Å². The number of hydrogen-bond acceptors (Lipinski definition) is 6. The lowest BCUT2D eigenvalue weighted by atomic mass is 10.1. The normalized spacial score (nSPS) is 29.0. The fraction of sp³-hybridized carbons (Fsp3) is 0.867. The Labute approximate surface area is 136 Å². The van der Waals surface area contributed by atoms with Gasteiger partial charge in [0.25, 0.3) is 0 Å². The average Bonchev–Trinajstić information content (AvgIpc) is 2.49. The summed E-state index contributed by atoms with van der Waals surface area (Å²) < 4.78 is 5.27. The van der Waals surface area contributed by atoms with Crippen molar-refractivity contribution in [3.8, 4) is 0 Å². The number of aliphatic hydroxyl groups is 3. The fourth-order valence-corrected chi connectivity index (χ4v) is 2.45. The molecule has 1 saturated heterocycles. The van der Waals surface area contributed by atoms with E-state index in [1.165, 1.54) is 18.7 Å². The maximum absolute atomic E-state index is 11.7. The first-order valence-corrected chi connectivity index (χ1v) is 7.96. The molecule has 3 N–H and O–H groups in total. The first kappa shape index (κ1) is 19.8. The second kappa shape index (κ2) is 9.82. The zero-order chi connectivity index (χ0) is 17.4. The predicted molar refractivity (Wildman–Crippen MR) is 82.6 cm³/mol. The Kier molecular flexibility index (Phi) is 8.46. The minimum atomic E-state index is -1.40. The van der Waals surface area contributed by atoms with Crippen molar-refractivity contribution in [1.82, 2.24) is 9.80 Å². The molecule has 0 aromatic rings. The van der Waals surface area contributed by atoms with E-state index in [1.54, 1.807) is 4.90 Å². The summed E-state index contributed by atoms with van der Waals surface area (Å²) in [6, 6.07) is 0. The van der Waals surface area contributed by atoms with Crippen molar-refractivity contribution in [2.45, 2.75) is 45.0 Å². The van der Waals surface area contributed by atoms with Gasteiger partial charge in [-0.15, -0.1) is 0 Å². The Morgan fingerprint density at radius 1 is 0.913 bits per heavy atom. The molecular formula is C15H28N2O6. The van der Waals surface area contributed by atoms with Gasteiger partial charge in [0.2, 0.25) is 11.8 Å². The SMILES string of the molecule is CC(=O)N1CCCCOC[C@@H](O)[C@H](O)[C@@H](O)CN(C(C)=O)CC1. The highest BCUT2D eigenvalue weighted by molar-refractivity contribution is 5.74. The third-order valence-electron chi connectivity index (χ3n) is 3.98. The van der Waals surface area contributed by atoms with Crippen LogP contribution in [0.4, 0.5) is 0 Å². The van der Waals surface area contributed by atoms with Crippen molar-refractivity contribution in [2.75, 3.05) is 39.4 Å². The Balaban J connectivity index is 2.78. The van der Waals surface area contributed by atoms with Gasteiger partial charge >= 0.3 is 0 Å². The molecule has 8 heteroatoms. The minimum absolute atomic E-state index is 0.0717. The molecule has 0 spiro atoms. The van der Waals surface area contributed by atoms with Gasteiger partial charge in [0.05, 0.1) is 6.61 Å². The van der Waals surface area contributed by atoms with E-state index in [1.807, 2.05) is 0 Å². The summed E-state index contributed by atoms with van der Waals surface area (Å²) in [6.07, 6.45) is -2.43. The highest BCUT2D eigenvalue weighted by atomic mass is 16.5. The molecule has 2 amide bonds. The highest BCUT2D eigenvalue weighted by Crippen LogP contribution is 2.07. The molecule has 1 heterocycles. The molecule has 0 unspecified atom stereocenters. The summed E-state index contributed by atoms with van der Waals surface area (Å²) in [5.74, 6) is -0.338. The molecule has 23 heavy (non-hydrogen) atoms. The van der Waals surface area contributed by atoms with Crippen LogP contribution >= 0.6 is 0 Å². The molecule has 1 rings (SSSR count). The summed E-state index contributed by atoms with van der Waals surface area (Å²) in [7, 11) is 0. The van der Waals surface area contributed by atoms with Gasteiger partial charge in [-0.1, -0.05) is 0 Å². The van der Waals surface area contributed by atoms with E-state index in [-0.39, 0.29) is 31.5 Å². The van der Waals surface area contributed by atoms with Gasteiger partial charge in [-0.05, 0) is 12.8 Å². The molecule has 3 atom stereocenters. The van der Waals surface area contributed by atoms with E-state index in [2.05, 4.69) is 0 Å². The zero-order valence-corrected chi connectivity index (χ0v) is 13.8. The fourth-order valence-electron chi connectivity index (χ4n) is 2.45. The van der Waals surface area contributed by atoms with Crippen LogP contribution in [0.15, 0.2) is 0 Å². The Morgan fingerprint density at radius 2 is 1.52 bits per heavy atom. The van der Waals surface area contributed by atoms with Crippen LogP contribution in [-0.4, -0.2) is 94.6 Å². The summed E-state index contributed by atoms with van der Waals surface area (Å²) >= 11 is 0.